The molecule has 3 rings (SSSR count). The monoisotopic (exact) mass is 489 g/mol. The molecule has 190 valence electrons. The molecule has 36 heavy (non-hydrogen) atoms. The zero-order valence-electron chi connectivity index (χ0n) is 21.6. The van der Waals surface area contributed by atoms with Crippen molar-refractivity contribution in [3.8, 4) is 0 Å². The number of anilines is 1. The highest BCUT2D eigenvalue weighted by Gasteiger charge is 2.34. The largest absolute Gasteiger partial charge is 0.444 e. The predicted molar refractivity (Wildman–Crippen MR) is 143 cm³/mol. The SMILES string of the molecule is CCCN(C(=O)C(C)NC(=O)OC(C)(C)C)C(C(=O)Nc1ccc2ccccc2c1)c1ccccc1. The lowest BCUT2D eigenvalue weighted by molar-refractivity contribution is -0.140. The molecular formula is C29H35N3O4. The van der Waals surface area contributed by atoms with Crippen LogP contribution in [0.15, 0.2) is 72.8 Å². The molecule has 0 radical (unpaired) electrons. The molecule has 0 saturated heterocycles. The number of carbonyl (C=O) groups is 3. The first-order chi connectivity index (χ1) is 17.1. The zero-order valence-corrected chi connectivity index (χ0v) is 21.6. The summed E-state index contributed by atoms with van der Waals surface area (Å²) in [6.45, 7) is 9.14. The summed E-state index contributed by atoms with van der Waals surface area (Å²) < 4.78 is 5.30. The van der Waals surface area contributed by atoms with Gasteiger partial charge in [-0.05, 0) is 62.6 Å². The van der Waals surface area contributed by atoms with Crippen LogP contribution in [-0.4, -0.2) is 41.0 Å². The molecule has 3 aromatic carbocycles. The molecule has 0 aliphatic rings. The molecule has 0 heterocycles. The quantitative estimate of drug-likeness (QED) is 0.427. The third kappa shape index (κ3) is 7.07. The van der Waals surface area contributed by atoms with Crippen molar-refractivity contribution >= 4 is 34.4 Å². The van der Waals surface area contributed by atoms with Gasteiger partial charge in [-0.25, -0.2) is 4.79 Å². The average molecular weight is 490 g/mol. The zero-order chi connectivity index (χ0) is 26.3. The average Bonchev–Trinajstić information content (AvgIpc) is 2.82. The summed E-state index contributed by atoms with van der Waals surface area (Å²) in [5.41, 5.74) is 0.632. The number of benzene rings is 3. The van der Waals surface area contributed by atoms with Crippen molar-refractivity contribution in [1.29, 1.82) is 0 Å². The lowest BCUT2D eigenvalue weighted by atomic mass is 10.0. The fourth-order valence-electron chi connectivity index (χ4n) is 3.99. The molecule has 0 fully saturated rings. The van der Waals surface area contributed by atoms with Gasteiger partial charge in [0, 0.05) is 12.2 Å². The van der Waals surface area contributed by atoms with Crippen molar-refractivity contribution in [3.05, 3.63) is 78.4 Å². The molecule has 0 saturated carbocycles. The molecule has 2 atom stereocenters. The third-order valence-corrected chi connectivity index (χ3v) is 5.54. The number of rotatable bonds is 8. The highest BCUT2D eigenvalue weighted by Crippen LogP contribution is 2.26. The van der Waals surface area contributed by atoms with Crippen LogP contribution in [0.4, 0.5) is 10.5 Å². The van der Waals surface area contributed by atoms with Gasteiger partial charge in [-0.1, -0.05) is 67.6 Å². The Bertz CT molecular complexity index is 1200. The molecule has 7 nitrogen and oxygen atoms in total. The summed E-state index contributed by atoms with van der Waals surface area (Å²) in [7, 11) is 0. The molecule has 0 aliphatic carbocycles. The Labute approximate surface area is 212 Å². The van der Waals surface area contributed by atoms with Crippen molar-refractivity contribution < 1.29 is 19.1 Å². The van der Waals surface area contributed by atoms with E-state index >= 15 is 0 Å². The summed E-state index contributed by atoms with van der Waals surface area (Å²) >= 11 is 0. The van der Waals surface area contributed by atoms with Crippen LogP contribution in [0.3, 0.4) is 0 Å². The highest BCUT2D eigenvalue weighted by molar-refractivity contribution is 6.00. The number of alkyl carbamates (subject to hydrolysis) is 1. The molecule has 0 spiro atoms. The van der Waals surface area contributed by atoms with Gasteiger partial charge in [0.1, 0.15) is 17.7 Å². The number of carbonyl (C=O) groups excluding carboxylic acids is 3. The second kappa shape index (κ2) is 11.7. The Morgan fingerprint density at radius 3 is 2.19 bits per heavy atom. The Morgan fingerprint density at radius 1 is 0.917 bits per heavy atom. The second-order valence-corrected chi connectivity index (χ2v) is 9.76. The van der Waals surface area contributed by atoms with Gasteiger partial charge in [0.25, 0.3) is 5.91 Å². The number of amides is 3. The molecule has 0 bridgehead atoms. The first-order valence-electron chi connectivity index (χ1n) is 12.2. The maximum Gasteiger partial charge on any atom is 0.408 e. The molecule has 7 heteroatoms. The maximum atomic E-state index is 13.7. The van der Waals surface area contributed by atoms with E-state index in [0.717, 1.165) is 10.8 Å². The van der Waals surface area contributed by atoms with Crippen LogP contribution < -0.4 is 10.6 Å². The van der Waals surface area contributed by atoms with E-state index in [9.17, 15) is 14.4 Å². The lowest BCUT2D eigenvalue weighted by Crippen LogP contribution is -2.51. The third-order valence-electron chi connectivity index (χ3n) is 5.54. The van der Waals surface area contributed by atoms with Gasteiger partial charge in [-0.2, -0.15) is 0 Å². The van der Waals surface area contributed by atoms with Crippen LogP contribution in [0.25, 0.3) is 10.8 Å². The van der Waals surface area contributed by atoms with Gasteiger partial charge in [0.2, 0.25) is 5.91 Å². The second-order valence-electron chi connectivity index (χ2n) is 9.76. The van der Waals surface area contributed by atoms with Gasteiger partial charge in [0.05, 0.1) is 0 Å². The molecule has 2 unspecified atom stereocenters. The molecule has 2 N–H and O–H groups in total. The summed E-state index contributed by atoms with van der Waals surface area (Å²) in [4.78, 5) is 41.1. The van der Waals surface area contributed by atoms with E-state index < -0.39 is 23.8 Å². The number of nitrogens with one attached hydrogen (secondary N) is 2. The minimum absolute atomic E-state index is 0.331. The fourth-order valence-corrected chi connectivity index (χ4v) is 3.99. The Morgan fingerprint density at radius 2 is 1.56 bits per heavy atom. The van der Waals surface area contributed by atoms with Gasteiger partial charge >= 0.3 is 6.09 Å². The standard InChI is InChI=1S/C29H35N3O4/c1-6-18-32(27(34)20(2)30-28(35)36-29(3,4)5)25(22-13-8-7-9-14-22)26(33)31-24-17-16-21-12-10-11-15-23(21)19-24/h7-17,19-20,25H,6,18H2,1-5H3,(H,30,35)(H,31,33). The van der Waals surface area contributed by atoms with E-state index in [1.807, 2.05) is 79.7 Å². The van der Waals surface area contributed by atoms with Crippen LogP contribution in [-0.2, 0) is 14.3 Å². The molecule has 3 aromatic rings. The summed E-state index contributed by atoms with van der Waals surface area (Å²) in [5.74, 6) is -0.701. The predicted octanol–water partition coefficient (Wildman–Crippen LogP) is 5.67. The lowest BCUT2D eigenvalue weighted by Gasteiger charge is -2.33. The van der Waals surface area contributed by atoms with Crippen molar-refractivity contribution in [1.82, 2.24) is 10.2 Å². The van der Waals surface area contributed by atoms with E-state index in [1.54, 1.807) is 27.7 Å². The molecule has 0 aliphatic heterocycles. The smallest absolute Gasteiger partial charge is 0.408 e. The summed E-state index contributed by atoms with van der Waals surface area (Å²) in [5, 5.41) is 7.67. The van der Waals surface area contributed by atoms with E-state index in [-0.39, 0.29) is 11.8 Å². The Hall–Kier alpha value is -3.87. The van der Waals surface area contributed by atoms with Crippen LogP contribution in [0.2, 0.25) is 0 Å². The minimum Gasteiger partial charge on any atom is -0.444 e. The molecule has 3 amide bonds. The van der Waals surface area contributed by atoms with Crippen molar-refractivity contribution in [3.63, 3.8) is 0 Å². The highest BCUT2D eigenvalue weighted by atomic mass is 16.6. The van der Waals surface area contributed by atoms with Gasteiger partial charge in [-0.15, -0.1) is 0 Å². The minimum atomic E-state index is -0.883. The van der Waals surface area contributed by atoms with E-state index in [4.69, 9.17) is 4.74 Å². The normalized spacial score (nSPS) is 12.9. The van der Waals surface area contributed by atoms with Crippen LogP contribution >= 0.6 is 0 Å². The summed E-state index contributed by atoms with van der Waals surface area (Å²) in [6, 6.07) is 21.0. The number of ether oxygens (including phenoxy) is 1. The van der Waals surface area contributed by atoms with E-state index in [2.05, 4.69) is 10.6 Å². The van der Waals surface area contributed by atoms with Gasteiger partial charge in [0.15, 0.2) is 0 Å². The van der Waals surface area contributed by atoms with E-state index in [0.29, 0.717) is 24.2 Å². The van der Waals surface area contributed by atoms with Gasteiger partial charge < -0.3 is 20.3 Å². The van der Waals surface area contributed by atoms with Crippen molar-refractivity contribution in [2.24, 2.45) is 0 Å². The fraction of sp³-hybridized carbons (Fsp3) is 0.345. The first-order valence-corrected chi connectivity index (χ1v) is 12.2. The Kier molecular flexibility index (Phi) is 8.69. The first kappa shape index (κ1) is 26.7. The van der Waals surface area contributed by atoms with Crippen molar-refractivity contribution in [2.75, 3.05) is 11.9 Å². The van der Waals surface area contributed by atoms with E-state index in [1.165, 1.54) is 4.90 Å². The van der Waals surface area contributed by atoms with Crippen LogP contribution in [0, 0.1) is 0 Å². The van der Waals surface area contributed by atoms with Crippen molar-refractivity contribution in [2.45, 2.75) is 58.7 Å². The number of hydrogen-bond acceptors (Lipinski definition) is 4. The van der Waals surface area contributed by atoms with Gasteiger partial charge in [-0.3, -0.25) is 9.59 Å². The van der Waals surface area contributed by atoms with Crippen LogP contribution in [0.1, 0.15) is 52.6 Å². The maximum absolute atomic E-state index is 13.7. The number of nitrogens with zero attached hydrogens (tertiary/aromatic N) is 1. The number of fused-ring (bicyclic) bond motifs is 1. The number of hydrogen-bond donors (Lipinski definition) is 2. The summed E-state index contributed by atoms with van der Waals surface area (Å²) in [6.07, 6.45) is -0.0472. The molecule has 0 aromatic heterocycles. The molecular weight excluding hydrogens is 454 g/mol. The Balaban J connectivity index is 1.89. The van der Waals surface area contributed by atoms with Crippen LogP contribution in [0.5, 0.6) is 0 Å². The topological polar surface area (TPSA) is 87.7 Å².